The van der Waals surface area contributed by atoms with E-state index in [1.165, 1.54) is 7.11 Å². The van der Waals surface area contributed by atoms with Crippen molar-refractivity contribution >= 4 is 11.9 Å². The van der Waals surface area contributed by atoms with Crippen molar-refractivity contribution in [3.8, 4) is 0 Å². The third kappa shape index (κ3) is 1.33. The van der Waals surface area contributed by atoms with Crippen LogP contribution in [0.5, 0.6) is 0 Å². The standard InChI is InChI=1S/C10H16N2O3/c1-15-9(14)10-4-2-6-12(10)8(13)7(11)3-5-10/h7H,2-6,11H2,1H3/t7-,10-/m1/s1. The number of carbonyl (C=O) groups is 2. The van der Waals surface area contributed by atoms with Gasteiger partial charge in [0.1, 0.15) is 5.54 Å². The van der Waals surface area contributed by atoms with E-state index in [0.717, 1.165) is 6.42 Å². The van der Waals surface area contributed by atoms with Crippen LogP contribution in [0.3, 0.4) is 0 Å². The predicted molar refractivity (Wildman–Crippen MR) is 52.9 cm³/mol. The van der Waals surface area contributed by atoms with Gasteiger partial charge >= 0.3 is 5.97 Å². The van der Waals surface area contributed by atoms with Gasteiger partial charge < -0.3 is 15.4 Å². The van der Waals surface area contributed by atoms with Gasteiger partial charge in [-0.1, -0.05) is 0 Å². The minimum Gasteiger partial charge on any atom is -0.467 e. The van der Waals surface area contributed by atoms with Crippen molar-refractivity contribution in [2.45, 2.75) is 37.3 Å². The average molecular weight is 212 g/mol. The van der Waals surface area contributed by atoms with E-state index in [0.29, 0.717) is 25.8 Å². The number of amides is 1. The first kappa shape index (κ1) is 10.4. The number of nitrogens with two attached hydrogens (primary N) is 1. The van der Waals surface area contributed by atoms with Crippen LogP contribution >= 0.6 is 0 Å². The fourth-order valence-electron chi connectivity index (χ4n) is 2.68. The number of hydrogen-bond acceptors (Lipinski definition) is 4. The van der Waals surface area contributed by atoms with E-state index in [2.05, 4.69) is 0 Å². The highest BCUT2D eigenvalue weighted by Gasteiger charge is 2.54. The van der Waals surface area contributed by atoms with Gasteiger partial charge in [-0.25, -0.2) is 4.79 Å². The molecule has 0 spiro atoms. The smallest absolute Gasteiger partial charge is 0.331 e. The average Bonchev–Trinajstić information content (AvgIpc) is 2.68. The third-order valence-corrected chi connectivity index (χ3v) is 3.51. The lowest BCUT2D eigenvalue weighted by Crippen LogP contribution is -2.61. The molecule has 0 aromatic rings. The van der Waals surface area contributed by atoms with Crippen LogP contribution in [0.1, 0.15) is 25.7 Å². The fraction of sp³-hybridized carbons (Fsp3) is 0.800. The number of piperidine rings is 1. The van der Waals surface area contributed by atoms with E-state index in [4.69, 9.17) is 10.5 Å². The summed E-state index contributed by atoms with van der Waals surface area (Å²) in [5, 5.41) is 0. The number of fused-ring (bicyclic) bond motifs is 1. The predicted octanol–water partition coefficient (Wildman–Crippen LogP) is -0.358. The summed E-state index contributed by atoms with van der Waals surface area (Å²) < 4.78 is 4.80. The first-order chi connectivity index (χ1) is 7.12. The maximum Gasteiger partial charge on any atom is 0.331 e. The van der Waals surface area contributed by atoms with Crippen LogP contribution in [0.2, 0.25) is 0 Å². The Hall–Kier alpha value is -1.10. The summed E-state index contributed by atoms with van der Waals surface area (Å²) in [7, 11) is 1.37. The van der Waals surface area contributed by atoms with Crippen molar-refractivity contribution in [2.75, 3.05) is 13.7 Å². The molecule has 2 aliphatic heterocycles. The summed E-state index contributed by atoms with van der Waals surface area (Å²) in [6.07, 6.45) is 2.77. The van der Waals surface area contributed by atoms with Gasteiger partial charge in [0.2, 0.25) is 5.91 Å². The molecule has 2 atom stereocenters. The molecule has 0 saturated carbocycles. The van der Waals surface area contributed by atoms with Gasteiger partial charge in [0, 0.05) is 6.54 Å². The Bertz CT molecular complexity index is 303. The molecular formula is C10H16N2O3. The molecule has 15 heavy (non-hydrogen) atoms. The number of hydrogen-bond donors (Lipinski definition) is 1. The Kier molecular flexibility index (Phi) is 2.42. The van der Waals surface area contributed by atoms with Crippen molar-refractivity contribution in [3.63, 3.8) is 0 Å². The molecule has 5 heteroatoms. The summed E-state index contributed by atoms with van der Waals surface area (Å²) in [6, 6.07) is -0.444. The molecule has 0 radical (unpaired) electrons. The van der Waals surface area contributed by atoms with Crippen molar-refractivity contribution in [2.24, 2.45) is 5.73 Å². The maximum absolute atomic E-state index is 11.8. The second-order valence-corrected chi connectivity index (χ2v) is 4.26. The summed E-state index contributed by atoms with van der Waals surface area (Å²) in [5.74, 6) is -0.399. The number of rotatable bonds is 1. The van der Waals surface area contributed by atoms with Crippen LogP contribution in [0.25, 0.3) is 0 Å². The SMILES string of the molecule is COC(=O)[C@]12CCCN1C(=O)[C@H](N)CC2. The highest BCUT2D eigenvalue weighted by molar-refractivity contribution is 5.92. The van der Waals surface area contributed by atoms with E-state index in [1.807, 2.05) is 0 Å². The third-order valence-electron chi connectivity index (χ3n) is 3.51. The minimum absolute atomic E-state index is 0.107. The second-order valence-electron chi connectivity index (χ2n) is 4.26. The fourth-order valence-corrected chi connectivity index (χ4v) is 2.68. The quantitative estimate of drug-likeness (QED) is 0.602. The van der Waals surface area contributed by atoms with Gasteiger partial charge in [0.15, 0.2) is 0 Å². The number of methoxy groups -OCH3 is 1. The first-order valence-corrected chi connectivity index (χ1v) is 5.27. The molecule has 1 amide bonds. The van der Waals surface area contributed by atoms with E-state index in [9.17, 15) is 9.59 Å². The zero-order valence-corrected chi connectivity index (χ0v) is 8.86. The van der Waals surface area contributed by atoms with Crippen molar-refractivity contribution in [3.05, 3.63) is 0 Å². The normalized spacial score (nSPS) is 35.2. The molecule has 0 aromatic heterocycles. The van der Waals surface area contributed by atoms with Crippen LogP contribution in [0.15, 0.2) is 0 Å². The Labute approximate surface area is 88.5 Å². The number of ether oxygens (including phenoxy) is 1. The molecular weight excluding hydrogens is 196 g/mol. The number of nitrogens with zero attached hydrogens (tertiary/aromatic N) is 1. The molecule has 2 N–H and O–H groups in total. The minimum atomic E-state index is -0.707. The Morgan fingerprint density at radius 1 is 1.60 bits per heavy atom. The molecule has 0 aromatic carbocycles. The molecule has 5 nitrogen and oxygen atoms in total. The van der Waals surface area contributed by atoms with Crippen LogP contribution in [-0.2, 0) is 14.3 Å². The van der Waals surface area contributed by atoms with Gasteiger partial charge in [-0.05, 0) is 25.7 Å². The van der Waals surface area contributed by atoms with Gasteiger partial charge in [-0.15, -0.1) is 0 Å². The van der Waals surface area contributed by atoms with E-state index in [1.54, 1.807) is 4.90 Å². The van der Waals surface area contributed by atoms with Crippen molar-refractivity contribution in [1.82, 2.24) is 4.90 Å². The monoisotopic (exact) mass is 212 g/mol. The number of carbonyl (C=O) groups excluding carboxylic acids is 2. The van der Waals surface area contributed by atoms with Crippen LogP contribution in [0.4, 0.5) is 0 Å². The summed E-state index contributed by atoms with van der Waals surface area (Å²) >= 11 is 0. The zero-order chi connectivity index (χ0) is 11.1. The highest BCUT2D eigenvalue weighted by Crippen LogP contribution is 2.38. The maximum atomic E-state index is 11.8. The van der Waals surface area contributed by atoms with Crippen molar-refractivity contribution < 1.29 is 14.3 Å². The highest BCUT2D eigenvalue weighted by atomic mass is 16.5. The molecule has 2 saturated heterocycles. The molecule has 0 aliphatic carbocycles. The molecule has 2 aliphatic rings. The topological polar surface area (TPSA) is 72.6 Å². The summed E-state index contributed by atoms with van der Waals surface area (Å²) in [5.41, 5.74) is 4.98. The van der Waals surface area contributed by atoms with Crippen molar-refractivity contribution in [1.29, 1.82) is 0 Å². The van der Waals surface area contributed by atoms with E-state index in [-0.39, 0.29) is 11.9 Å². The molecule has 0 unspecified atom stereocenters. The second kappa shape index (κ2) is 3.48. The largest absolute Gasteiger partial charge is 0.467 e. The summed E-state index contributed by atoms with van der Waals surface area (Å²) in [6.45, 7) is 0.627. The van der Waals surface area contributed by atoms with E-state index < -0.39 is 11.6 Å². The Morgan fingerprint density at radius 3 is 3.00 bits per heavy atom. The van der Waals surface area contributed by atoms with Gasteiger partial charge in [0.25, 0.3) is 0 Å². The van der Waals surface area contributed by atoms with Crippen LogP contribution in [0, 0.1) is 0 Å². The Morgan fingerprint density at radius 2 is 2.33 bits per heavy atom. The Balaban J connectivity index is 2.30. The van der Waals surface area contributed by atoms with Gasteiger partial charge in [0.05, 0.1) is 13.2 Å². The lowest BCUT2D eigenvalue weighted by Gasteiger charge is -2.41. The van der Waals surface area contributed by atoms with Crippen LogP contribution in [-0.4, -0.2) is 42.0 Å². The van der Waals surface area contributed by atoms with E-state index >= 15 is 0 Å². The van der Waals surface area contributed by atoms with Gasteiger partial charge in [-0.3, -0.25) is 4.79 Å². The molecule has 84 valence electrons. The van der Waals surface area contributed by atoms with Gasteiger partial charge in [-0.2, -0.15) is 0 Å². The lowest BCUT2D eigenvalue weighted by molar-refractivity contribution is -0.163. The molecule has 2 rings (SSSR count). The molecule has 2 heterocycles. The zero-order valence-electron chi connectivity index (χ0n) is 8.86. The lowest BCUT2D eigenvalue weighted by atomic mass is 9.84. The number of esters is 1. The first-order valence-electron chi connectivity index (χ1n) is 5.27. The van der Waals surface area contributed by atoms with Crippen LogP contribution < -0.4 is 5.73 Å². The summed E-state index contributed by atoms with van der Waals surface area (Å²) in [4.78, 5) is 25.2. The molecule has 2 fully saturated rings. The molecule has 0 bridgehead atoms.